The molecule has 17 heavy (non-hydrogen) atoms. The Morgan fingerprint density at radius 1 is 1.47 bits per heavy atom. The molecule has 2 rings (SSSR count). The average molecular weight is 232 g/mol. The van der Waals surface area contributed by atoms with E-state index in [2.05, 4.69) is 15.2 Å². The lowest BCUT2D eigenvalue weighted by atomic mass is 10.0. The van der Waals surface area contributed by atoms with E-state index in [4.69, 9.17) is 10.5 Å². The molecule has 6 nitrogen and oxygen atoms in total. The summed E-state index contributed by atoms with van der Waals surface area (Å²) in [6.45, 7) is 0.432. The van der Waals surface area contributed by atoms with Gasteiger partial charge >= 0.3 is 0 Å². The first-order valence-corrected chi connectivity index (χ1v) is 5.08. The number of ether oxygens (including phenoxy) is 1. The topological polar surface area (TPSA) is 93.9 Å². The molecule has 2 aromatic heterocycles. The quantitative estimate of drug-likeness (QED) is 0.745. The Morgan fingerprint density at radius 2 is 2.24 bits per heavy atom. The summed E-state index contributed by atoms with van der Waals surface area (Å²) in [6.07, 6.45) is 5.02. The van der Waals surface area contributed by atoms with E-state index < -0.39 is 0 Å². The molecule has 0 saturated carbocycles. The van der Waals surface area contributed by atoms with Crippen molar-refractivity contribution in [2.24, 2.45) is 0 Å². The molecule has 2 aromatic rings. The summed E-state index contributed by atoms with van der Waals surface area (Å²) < 4.78 is 5.05. The number of carbonyl (C=O) groups excluding carboxylic acids is 1. The van der Waals surface area contributed by atoms with Crippen LogP contribution in [-0.2, 0) is 16.0 Å². The van der Waals surface area contributed by atoms with Gasteiger partial charge in [0.2, 0.25) is 0 Å². The molecule has 0 aliphatic heterocycles. The zero-order chi connectivity index (χ0) is 12.1. The Bertz CT molecular complexity index is 483. The summed E-state index contributed by atoms with van der Waals surface area (Å²) in [6, 6.07) is 3.59. The fourth-order valence-corrected chi connectivity index (χ4v) is 1.57. The van der Waals surface area contributed by atoms with Crippen LogP contribution in [0.3, 0.4) is 0 Å². The van der Waals surface area contributed by atoms with E-state index in [-0.39, 0.29) is 6.10 Å². The average Bonchev–Trinajstić information content (AvgIpc) is 2.76. The third-order valence-corrected chi connectivity index (χ3v) is 2.45. The minimum atomic E-state index is -0.379. The monoisotopic (exact) mass is 232 g/mol. The number of aromatic nitrogens is 3. The number of nitrogens with zero attached hydrogens (tertiary/aromatic N) is 2. The van der Waals surface area contributed by atoms with Gasteiger partial charge in [-0.05, 0) is 17.7 Å². The highest BCUT2D eigenvalue weighted by Gasteiger charge is 2.15. The van der Waals surface area contributed by atoms with Crippen molar-refractivity contribution in [2.75, 3.05) is 5.73 Å². The molecule has 6 heteroatoms. The van der Waals surface area contributed by atoms with Gasteiger partial charge in [0.1, 0.15) is 11.9 Å². The number of rotatable bonds is 5. The molecule has 0 spiro atoms. The van der Waals surface area contributed by atoms with Crippen LogP contribution in [0.1, 0.15) is 17.2 Å². The number of H-pyrrole nitrogens is 1. The Morgan fingerprint density at radius 3 is 2.82 bits per heavy atom. The van der Waals surface area contributed by atoms with Gasteiger partial charge in [-0.3, -0.25) is 14.9 Å². The summed E-state index contributed by atoms with van der Waals surface area (Å²) in [5, 5.41) is 6.46. The third-order valence-electron chi connectivity index (χ3n) is 2.45. The number of anilines is 1. The maximum absolute atomic E-state index is 10.5. The zero-order valence-electron chi connectivity index (χ0n) is 9.04. The lowest BCUT2D eigenvalue weighted by Gasteiger charge is -2.14. The summed E-state index contributed by atoms with van der Waals surface area (Å²) in [7, 11) is 0. The van der Waals surface area contributed by atoms with Crippen molar-refractivity contribution < 1.29 is 9.53 Å². The molecule has 0 aromatic carbocycles. The lowest BCUT2D eigenvalue weighted by molar-refractivity contribution is -0.133. The van der Waals surface area contributed by atoms with Crippen LogP contribution in [0.4, 0.5) is 5.82 Å². The number of nitrogens with two attached hydrogens (primary N) is 1. The largest absolute Gasteiger partial charge is 0.459 e. The molecule has 0 aliphatic rings. The molecule has 1 atom stereocenters. The first kappa shape index (κ1) is 11.1. The molecule has 88 valence electrons. The molecule has 1 unspecified atom stereocenters. The second-order valence-electron chi connectivity index (χ2n) is 3.51. The number of pyridine rings is 1. The van der Waals surface area contributed by atoms with Gasteiger partial charge < -0.3 is 10.5 Å². The maximum Gasteiger partial charge on any atom is 0.293 e. The Hall–Kier alpha value is -2.37. The van der Waals surface area contributed by atoms with Gasteiger partial charge in [-0.25, -0.2) is 0 Å². The third kappa shape index (κ3) is 2.60. The van der Waals surface area contributed by atoms with Crippen LogP contribution in [-0.4, -0.2) is 21.7 Å². The van der Waals surface area contributed by atoms with Crippen molar-refractivity contribution in [2.45, 2.75) is 12.5 Å². The van der Waals surface area contributed by atoms with Gasteiger partial charge in [0.25, 0.3) is 6.47 Å². The van der Waals surface area contributed by atoms with Gasteiger partial charge in [0.15, 0.2) is 0 Å². The first-order valence-electron chi connectivity index (χ1n) is 5.08. The van der Waals surface area contributed by atoms with E-state index >= 15 is 0 Å². The van der Waals surface area contributed by atoms with E-state index in [0.717, 1.165) is 11.1 Å². The predicted molar refractivity (Wildman–Crippen MR) is 60.8 cm³/mol. The highest BCUT2D eigenvalue weighted by molar-refractivity contribution is 5.41. The minimum absolute atomic E-state index is 0.379. The number of nitrogens with one attached hydrogen (secondary N) is 1. The first-order chi connectivity index (χ1) is 8.31. The second kappa shape index (κ2) is 5.11. The fourth-order valence-electron chi connectivity index (χ4n) is 1.57. The molecular weight excluding hydrogens is 220 g/mol. The van der Waals surface area contributed by atoms with Crippen LogP contribution in [0.5, 0.6) is 0 Å². The van der Waals surface area contributed by atoms with Crippen LogP contribution in [0.15, 0.2) is 30.7 Å². The highest BCUT2D eigenvalue weighted by Crippen LogP contribution is 2.22. The van der Waals surface area contributed by atoms with Crippen LogP contribution in [0.25, 0.3) is 0 Å². The molecule has 0 amide bonds. The summed E-state index contributed by atoms with van der Waals surface area (Å²) >= 11 is 0. The molecule has 0 saturated heterocycles. The number of nitrogen functional groups attached to an aromatic ring is 1. The van der Waals surface area contributed by atoms with E-state index in [1.54, 1.807) is 30.7 Å². The van der Waals surface area contributed by atoms with E-state index in [9.17, 15) is 4.79 Å². The van der Waals surface area contributed by atoms with Crippen molar-refractivity contribution in [3.63, 3.8) is 0 Å². The Balaban J connectivity index is 2.19. The lowest BCUT2D eigenvalue weighted by Crippen LogP contribution is -2.08. The van der Waals surface area contributed by atoms with Gasteiger partial charge in [-0.2, -0.15) is 5.10 Å². The Kier molecular flexibility index (Phi) is 3.34. The van der Waals surface area contributed by atoms with Gasteiger partial charge in [-0.15, -0.1) is 0 Å². The minimum Gasteiger partial charge on any atom is -0.459 e. The second-order valence-corrected chi connectivity index (χ2v) is 3.51. The summed E-state index contributed by atoms with van der Waals surface area (Å²) in [5.41, 5.74) is 7.37. The van der Waals surface area contributed by atoms with Crippen LogP contribution < -0.4 is 5.73 Å². The standard InChI is InChI=1S/C11H12N4O2/c12-11-9(6-14-15-11)5-10(17-7-16)8-1-3-13-4-2-8/h1-4,6-7,10H,5H2,(H3,12,14,15). The SMILES string of the molecule is Nc1[nH]ncc1CC(OC=O)c1ccncc1. The molecule has 2 heterocycles. The molecule has 3 N–H and O–H groups in total. The number of aromatic amines is 1. The number of hydrogen-bond acceptors (Lipinski definition) is 5. The van der Waals surface area contributed by atoms with E-state index in [0.29, 0.717) is 18.7 Å². The van der Waals surface area contributed by atoms with Crippen molar-refractivity contribution in [1.29, 1.82) is 0 Å². The van der Waals surface area contributed by atoms with Gasteiger partial charge in [0.05, 0.1) is 6.20 Å². The molecular formula is C11H12N4O2. The zero-order valence-corrected chi connectivity index (χ0v) is 9.04. The molecule has 0 radical (unpaired) electrons. The molecule has 0 aliphatic carbocycles. The summed E-state index contributed by atoms with van der Waals surface area (Å²) in [4.78, 5) is 14.4. The maximum atomic E-state index is 10.5. The fraction of sp³-hybridized carbons (Fsp3) is 0.182. The van der Waals surface area contributed by atoms with Gasteiger partial charge in [-0.1, -0.05) is 0 Å². The van der Waals surface area contributed by atoms with Crippen LogP contribution >= 0.6 is 0 Å². The van der Waals surface area contributed by atoms with Crippen LogP contribution in [0.2, 0.25) is 0 Å². The van der Waals surface area contributed by atoms with Crippen molar-refractivity contribution in [1.82, 2.24) is 15.2 Å². The molecule has 0 bridgehead atoms. The van der Waals surface area contributed by atoms with E-state index in [1.807, 2.05) is 0 Å². The van der Waals surface area contributed by atoms with E-state index in [1.165, 1.54) is 0 Å². The predicted octanol–water partition coefficient (Wildman–Crippen LogP) is 0.844. The van der Waals surface area contributed by atoms with Gasteiger partial charge in [0, 0.05) is 24.4 Å². The highest BCUT2D eigenvalue weighted by atomic mass is 16.5. The van der Waals surface area contributed by atoms with Crippen molar-refractivity contribution >= 4 is 12.3 Å². The van der Waals surface area contributed by atoms with Crippen molar-refractivity contribution in [3.8, 4) is 0 Å². The number of hydrogen-bond donors (Lipinski definition) is 2. The molecule has 0 fully saturated rings. The Labute approximate surface area is 97.8 Å². The normalized spacial score (nSPS) is 12.0. The number of carbonyl (C=O) groups is 1. The van der Waals surface area contributed by atoms with Crippen LogP contribution in [0, 0.1) is 0 Å². The van der Waals surface area contributed by atoms with Crippen molar-refractivity contribution in [3.05, 3.63) is 41.9 Å². The summed E-state index contributed by atoms with van der Waals surface area (Å²) in [5.74, 6) is 0.485. The smallest absolute Gasteiger partial charge is 0.293 e.